The molecule has 2 aromatic heterocycles. The van der Waals surface area contributed by atoms with E-state index in [4.69, 9.17) is 4.42 Å². The number of benzene rings is 1. The molecule has 0 saturated carbocycles. The number of carbonyl (C=O) groups excluding carboxylic acids is 1. The molecule has 1 amide bonds. The predicted molar refractivity (Wildman–Crippen MR) is 105 cm³/mol. The van der Waals surface area contributed by atoms with Crippen molar-refractivity contribution in [2.45, 2.75) is 33.2 Å². The molecule has 0 bridgehead atoms. The number of hydrogen-bond donors (Lipinski definition) is 1. The van der Waals surface area contributed by atoms with Crippen LogP contribution in [-0.4, -0.2) is 29.0 Å². The highest BCUT2D eigenvalue weighted by Crippen LogP contribution is 2.32. The number of aryl methyl sites for hydroxylation is 2. The first-order chi connectivity index (χ1) is 13.1. The molecule has 6 nitrogen and oxygen atoms in total. The molecule has 0 aliphatic carbocycles. The summed E-state index contributed by atoms with van der Waals surface area (Å²) in [4.78, 5) is 23.5. The van der Waals surface area contributed by atoms with Crippen LogP contribution in [0, 0.1) is 19.8 Å². The molecule has 1 aliphatic heterocycles. The third-order valence-electron chi connectivity index (χ3n) is 5.42. The lowest BCUT2D eigenvalue weighted by Gasteiger charge is -2.32. The van der Waals surface area contributed by atoms with Gasteiger partial charge in [0.05, 0.1) is 5.39 Å². The number of nitrogens with zero attached hydrogens (tertiary/aromatic N) is 3. The highest BCUT2D eigenvalue weighted by atomic mass is 16.3. The predicted octanol–water partition coefficient (Wildman–Crippen LogP) is 3.37. The highest BCUT2D eigenvalue weighted by molar-refractivity contribution is 5.90. The second-order valence-corrected chi connectivity index (χ2v) is 7.13. The van der Waals surface area contributed by atoms with E-state index in [1.165, 1.54) is 0 Å². The summed E-state index contributed by atoms with van der Waals surface area (Å²) >= 11 is 0. The van der Waals surface area contributed by atoms with Gasteiger partial charge in [0.1, 0.15) is 17.9 Å². The zero-order chi connectivity index (χ0) is 18.8. The Morgan fingerprint density at radius 3 is 2.67 bits per heavy atom. The molecule has 0 radical (unpaired) electrons. The summed E-state index contributed by atoms with van der Waals surface area (Å²) in [5.74, 6) is 1.98. The van der Waals surface area contributed by atoms with Gasteiger partial charge in [0.15, 0.2) is 0 Å². The summed E-state index contributed by atoms with van der Waals surface area (Å²) in [5, 5.41) is 4.06. The average Bonchev–Trinajstić information content (AvgIpc) is 3.01. The van der Waals surface area contributed by atoms with Crippen LogP contribution in [0.1, 0.15) is 29.7 Å². The second-order valence-electron chi connectivity index (χ2n) is 7.13. The SMILES string of the molecule is Cc1oc2ncnc(N3CCC(C(=O)NCc4ccccc4)CC3)c2c1C. The quantitative estimate of drug-likeness (QED) is 0.768. The van der Waals surface area contributed by atoms with Crippen LogP contribution in [0.15, 0.2) is 41.1 Å². The first-order valence-electron chi connectivity index (χ1n) is 9.41. The monoisotopic (exact) mass is 364 g/mol. The Morgan fingerprint density at radius 2 is 1.93 bits per heavy atom. The third kappa shape index (κ3) is 3.52. The van der Waals surface area contributed by atoms with Crippen molar-refractivity contribution in [2.24, 2.45) is 5.92 Å². The van der Waals surface area contributed by atoms with Gasteiger partial charge in [0.2, 0.25) is 11.6 Å². The van der Waals surface area contributed by atoms with Gasteiger partial charge in [-0.1, -0.05) is 30.3 Å². The zero-order valence-electron chi connectivity index (χ0n) is 15.7. The molecule has 6 heteroatoms. The van der Waals surface area contributed by atoms with E-state index >= 15 is 0 Å². The van der Waals surface area contributed by atoms with Crippen molar-refractivity contribution in [3.63, 3.8) is 0 Å². The van der Waals surface area contributed by atoms with Crippen LogP contribution in [0.2, 0.25) is 0 Å². The number of anilines is 1. The number of piperidine rings is 1. The second kappa shape index (κ2) is 7.39. The summed E-state index contributed by atoms with van der Waals surface area (Å²) in [6.07, 6.45) is 3.20. The van der Waals surface area contributed by atoms with E-state index in [0.29, 0.717) is 12.3 Å². The fraction of sp³-hybridized carbons (Fsp3) is 0.381. The molecule has 4 rings (SSSR count). The zero-order valence-corrected chi connectivity index (χ0v) is 15.7. The van der Waals surface area contributed by atoms with Crippen LogP contribution in [0.5, 0.6) is 0 Å². The molecule has 27 heavy (non-hydrogen) atoms. The number of rotatable bonds is 4. The Labute approximate surface area is 158 Å². The Balaban J connectivity index is 1.40. The first kappa shape index (κ1) is 17.5. The van der Waals surface area contributed by atoms with Crippen molar-refractivity contribution in [3.8, 4) is 0 Å². The Bertz CT molecular complexity index is 943. The highest BCUT2D eigenvalue weighted by Gasteiger charge is 2.27. The maximum absolute atomic E-state index is 12.5. The standard InChI is InChI=1S/C21H24N4O2/c1-14-15(2)27-21-18(14)19(23-13-24-21)25-10-8-17(9-11-25)20(26)22-12-16-6-4-3-5-7-16/h3-7,13,17H,8-12H2,1-2H3,(H,22,26). The molecule has 1 fully saturated rings. The lowest BCUT2D eigenvalue weighted by atomic mass is 9.95. The minimum Gasteiger partial charge on any atom is -0.443 e. The van der Waals surface area contributed by atoms with Gasteiger partial charge in [-0.25, -0.2) is 9.97 Å². The molecular weight excluding hydrogens is 340 g/mol. The van der Waals surface area contributed by atoms with Gasteiger partial charge in [-0.15, -0.1) is 0 Å². The number of fused-ring (bicyclic) bond motifs is 1. The summed E-state index contributed by atoms with van der Waals surface area (Å²) in [6, 6.07) is 10.0. The van der Waals surface area contributed by atoms with Gasteiger partial charge in [-0.3, -0.25) is 4.79 Å². The minimum absolute atomic E-state index is 0.0504. The lowest BCUT2D eigenvalue weighted by molar-refractivity contribution is -0.125. The summed E-state index contributed by atoms with van der Waals surface area (Å²) in [5.41, 5.74) is 2.85. The normalized spacial score (nSPS) is 15.3. The fourth-order valence-electron chi connectivity index (χ4n) is 3.69. The van der Waals surface area contributed by atoms with E-state index < -0.39 is 0 Å². The summed E-state index contributed by atoms with van der Waals surface area (Å²) in [7, 11) is 0. The molecule has 3 heterocycles. The fourth-order valence-corrected chi connectivity index (χ4v) is 3.69. The number of carbonyl (C=O) groups is 1. The third-order valence-corrected chi connectivity index (χ3v) is 5.42. The van der Waals surface area contributed by atoms with E-state index in [2.05, 4.69) is 20.2 Å². The lowest BCUT2D eigenvalue weighted by Crippen LogP contribution is -2.40. The smallest absolute Gasteiger partial charge is 0.231 e. The van der Waals surface area contributed by atoms with Crippen molar-refractivity contribution in [3.05, 3.63) is 53.5 Å². The van der Waals surface area contributed by atoms with Crippen LogP contribution in [-0.2, 0) is 11.3 Å². The Morgan fingerprint density at radius 1 is 1.19 bits per heavy atom. The number of hydrogen-bond acceptors (Lipinski definition) is 5. The van der Waals surface area contributed by atoms with E-state index in [0.717, 1.165) is 54.0 Å². The van der Waals surface area contributed by atoms with Crippen LogP contribution in [0.4, 0.5) is 5.82 Å². The Hall–Kier alpha value is -2.89. The van der Waals surface area contributed by atoms with Crippen molar-refractivity contribution in [1.82, 2.24) is 15.3 Å². The average molecular weight is 364 g/mol. The van der Waals surface area contributed by atoms with Crippen molar-refractivity contribution >= 4 is 22.8 Å². The molecule has 1 aromatic carbocycles. The largest absolute Gasteiger partial charge is 0.443 e. The van der Waals surface area contributed by atoms with E-state index in [1.54, 1.807) is 6.33 Å². The molecule has 0 spiro atoms. The van der Waals surface area contributed by atoms with Crippen molar-refractivity contribution in [2.75, 3.05) is 18.0 Å². The maximum atomic E-state index is 12.5. The first-order valence-corrected chi connectivity index (χ1v) is 9.41. The van der Waals surface area contributed by atoms with Crippen molar-refractivity contribution < 1.29 is 9.21 Å². The van der Waals surface area contributed by atoms with Gasteiger partial charge in [0, 0.05) is 31.1 Å². The molecule has 3 aromatic rings. The maximum Gasteiger partial charge on any atom is 0.231 e. The number of furan rings is 1. The topological polar surface area (TPSA) is 71.3 Å². The number of aromatic nitrogens is 2. The number of nitrogens with one attached hydrogen (secondary N) is 1. The summed E-state index contributed by atoms with van der Waals surface area (Å²) in [6.45, 7) is 6.18. The van der Waals surface area contributed by atoms with E-state index in [1.807, 2.05) is 44.2 Å². The van der Waals surface area contributed by atoms with Gasteiger partial charge < -0.3 is 14.6 Å². The molecule has 1 saturated heterocycles. The van der Waals surface area contributed by atoms with Gasteiger partial charge in [0.25, 0.3) is 0 Å². The van der Waals surface area contributed by atoms with Crippen LogP contribution >= 0.6 is 0 Å². The van der Waals surface area contributed by atoms with Crippen molar-refractivity contribution in [1.29, 1.82) is 0 Å². The van der Waals surface area contributed by atoms with Gasteiger partial charge in [-0.2, -0.15) is 0 Å². The Kier molecular flexibility index (Phi) is 4.79. The number of amides is 1. The van der Waals surface area contributed by atoms with Gasteiger partial charge in [-0.05, 0) is 32.3 Å². The minimum atomic E-state index is 0.0504. The molecular formula is C21H24N4O2. The molecule has 1 N–H and O–H groups in total. The summed E-state index contributed by atoms with van der Waals surface area (Å²) < 4.78 is 5.72. The van der Waals surface area contributed by atoms with Crippen LogP contribution in [0.25, 0.3) is 11.1 Å². The molecule has 1 aliphatic rings. The van der Waals surface area contributed by atoms with Crippen LogP contribution < -0.4 is 10.2 Å². The molecule has 140 valence electrons. The van der Waals surface area contributed by atoms with Crippen LogP contribution in [0.3, 0.4) is 0 Å². The molecule has 0 atom stereocenters. The van der Waals surface area contributed by atoms with Gasteiger partial charge >= 0.3 is 0 Å². The van der Waals surface area contributed by atoms with E-state index in [9.17, 15) is 4.79 Å². The van der Waals surface area contributed by atoms with E-state index in [-0.39, 0.29) is 11.8 Å². The molecule has 0 unspecified atom stereocenters.